The molecule has 0 aliphatic carbocycles. The second kappa shape index (κ2) is 5.38. The van der Waals surface area contributed by atoms with E-state index < -0.39 is 0 Å². The van der Waals surface area contributed by atoms with Crippen molar-refractivity contribution >= 4 is 28.8 Å². The predicted octanol–water partition coefficient (Wildman–Crippen LogP) is 3.61. The van der Waals surface area contributed by atoms with E-state index in [0.29, 0.717) is 17.9 Å². The van der Waals surface area contributed by atoms with Crippen molar-refractivity contribution in [1.29, 1.82) is 5.26 Å². The van der Waals surface area contributed by atoms with E-state index in [1.807, 2.05) is 37.1 Å². The van der Waals surface area contributed by atoms with Crippen molar-refractivity contribution in [3.8, 4) is 6.07 Å². The van der Waals surface area contributed by atoms with Gasteiger partial charge in [-0.3, -0.25) is 0 Å². The molecule has 92 valence electrons. The SMILES string of the molecule is Cc1ccnc(N(C)Cc2ccc(Cl)s2)c1C#N. The predicted molar refractivity (Wildman–Crippen MR) is 75.1 cm³/mol. The van der Waals surface area contributed by atoms with Crippen LogP contribution in [0.3, 0.4) is 0 Å². The third kappa shape index (κ3) is 2.63. The van der Waals surface area contributed by atoms with Crippen LogP contribution in [0.2, 0.25) is 4.34 Å². The molecule has 3 nitrogen and oxygen atoms in total. The molecule has 0 atom stereocenters. The molecular formula is C13H12ClN3S. The lowest BCUT2D eigenvalue weighted by Crippen LogP contribution is -2.18. The Bertz CT molecular complexity index is 601. The van der Waals surface area contributed by atoms with Crippen LogP contribution in [0.25, 0.3) is 0 Å². The molecule has 0 spiro atoms. The molecule has 0 radical (unpaired) electrons. The van der Waals surface area contributed by atoms with E-state index in [2.05, 4.69) is 11.1 Å². The Morgan fingerprint density at radius 1 is 1.44 bits per heavy atom. The molecule has 0 saturated carbocycles. The van der Waals surface area contributed by atoms with E-state index in [1.165, 1.54) is 0 Å². The summed E-state index contributed by atoms with van der Waals surface area (Å²) in [5, 5.41) is 9.18. The fraction of sp³-hybridized carbons (Fsp3) is 0.231. The summed E-state index contributed by atoms with van der Waals surface area (Å²) in [6.45, 7) is 2.61. The molecule has 0 N–H and O–H groups in total. The van der Waals surface area contributed by atoms with Crippen LogP contribution in [0.4, 0.5) is 5.82 Å². The van der Waals surface area contributed by atoms with Gasteiger partial charge >= 0.3 is 0 Å². The zero-order valence-corrected chi connectivity index (χ0v) is 11.7. The average Bonchev–Trinajstić information content (AvgIpc) is 2.74. The highest BCUT2D eigenvalue weighted by Gasteiger charge is 2.12. The van der Waals surface area contributed by atoms with Gasteiger partial charge in [-0.15, -0.1) is 11.3 Å². The number of thiophene rings is 1. The molecule has 0 bridgehead atoms. The first kappa shape index (κ1) is 12.9. The van der Waals surface area contributed by atoms with E-state index >= 15 is 0 Å². The molecule has 0 amide bonds. The monoisotopic (exact) mass is 277 g/mol. The zero-order valence-electron chi connectivity index (χ0n) is 10.1. The summed E-state index contributed by atoms with van der Waals surface area (Å²) in [5.74, 6) is 0.710. The molecule has 2 rings (SSSR count). The number of nitrogens with zero attached hydrogens (tertiary/aromatic N) is 3. The quantitative estimate of drug-likeness (QED) is 0.860. The average molecular weight is 278 g/mol. The molecule has 2 heterocycles. The third-order valence-electron chi connectivity index (χ3n) is 2.63. The molecular weight excluding hydrogens is 266 g/mol. The summed E-state index contributed by atoms with van der Waals surface area (Å²) in [6.07, 6.45) is 1.73. The van der Waals surface area contributed by atoms with Crippen LogP contribution in [0, 0.1) is 18.3 Å². The van der Waals surface area contributed by atoms with Crippen molar-refractivity contribution in [2.45, 2.75) is 13.5 Å². The third-order valence-corrected chi connectivity index (χ3v) is 3.85. The fourth-order valence-corrected chi connectivity index (χ4v) is 2.86. The van der Waals surface area contributed by atoms with Crippen molar-refractivity contribution in [3.05, 3.63) is 44.7 Å². The highest BCUT2D eigenvalue weighted by Crippen LogP contribution is 2.25. The number of hydrogen-bond donors (Lipinski definition) is 0. The largest absolute Gasteiger partial charge is 0.353 e. The number of hydrogen-bond acceptors (Lipinski definition) is 4. The topological polar surface area (TPSA) is 39.9 Å². The first-order chi connectivity index (χ1) is 8.61. The Kier molecular flexibility index (Phi) is 3.85. The number of aryl methyl sites for hydroxylation is 1. The summed E-state index contributed by atoms with van der Waals surface area (Å²) in [5.41, 5.74) is 1.57. The fourth-order valence-electron chi connectivity index (χ4n) is 1.72. The van der Waals surface area contributed by atoms with Crippen LogP contribution >= 0.6 is 22.9 Å². The molecule has 2 aromatic rings. The van der Waals surface area contributed by atoms with Gasteiger partial charge in [-0.25, -0.2) is 4.98 Å². The maximum Gasteiger partial charge on any atom is 0.146 e. The highest BCUT2D eigenvalue weighted by molar-refractivity contribution is 7.16. The number of aromatic nitrogens is 1. The molecule has 2 aromatic heterocycles. The van der Waals surface area contributed by atoms with Gasteiger partial charge in [0.2, 0.25) is 0 Å². The minimum Gasteiger partial charge on any atom is -0.353 e. The summed E-state index contributed by atoms with van der Waals surface area (Å²) in [7, 11) is 1.93. The Morgan fingerprint density at radius 2 is 2.22 bits per heavy atom. The maximum absolute atomic E-state index is 9.18. The number of pyridine rings is 1. The smallest absolute Gasteiger partial charge is 0.146 e. The maximum atomic E-state index is 9.18. The summed E-state index contributed by atoms with van der Waals surface area (Å²) >= 11 is 7.45. The van der Waals surface area contributed by atoms with Gasteiger partial charge in [-0.1, -0.05) is 11.6 Å². The van der Waals surface area contributed by atoms with Crippen molar-refractivity contribution in [3.63, 3.8) is 0 Å². The molecule has 5 heteroatoms. The number of halogens is 1. The van der Waals surface area contributed by atoms with Gasteiger partial charge in [0.1, 0.15) is 11.9 Å². The molecule has 0 unspecified atom stereocenters. The Hall–Kier alpha value is -1.57. The van der Waals surface area contributed by atoms with Gasteiger partial charge in [0.15, 0.2) is 0 Å². The van der Waals surface area contributed by atoms with Crippen LogP contribution in [-0.2, 0) is 6.54 Å². The molecule has 18 heavy (non-hydrogen) atoms. The summed E-state index contributed by atoms with van der Waals surface area (Å²) in [4.78, 5) is 7.40. The van der Waals surface area contributed by atoms with E-state index in [9.17, 15) is 5.26 Å². The lowest BCUT2D eigenvalue weighted by Gasteiger charge is -2.19. The van der Waals surface area contributed by atoms with E-state index in [1.54, 1.807) is 17.5 Å². The lowest BCUT2D eigenvalue weighted by atomic mass is 10.1. The number of rotatable bonds is 3. The standard InChI is InChI=1S/C13H12ClN3S/c1-9-5-6-16-13(11(9)7-15)17(2)8-10-3-4-12(14)18-10/h3-6H,8H2,1-2H3. The second-order valence-electron chi connectivity index (χ2n) is 4.00. The van der Waals surface area contributed by atoms with Crippen LogP contribution < -0.4 is 4.90 Å². The number of anilines is 1. The minimum absolute atomic E-state index is 0.627. The van der Waals surface area contributed by atoms with Crippen LogP contribution in [0.5, 0.6) is 0 Å². The van der Waals surface area contributed by atoms with Crippen molar-refractivity contribution in [2.24, 2.45) is 0 Å². The second-order valence-corrected chi connectivity index (χ2v) is 5.80. The molecule has 0 aliphatic rings. The van der Waals surface area contributed by atoms with E-state index in [-0.39, 0.29) is 0 Å². The van der Waals surface area contributed by atoms with E-state index in [4.69, 9.17) is 11.6 Å². The van der Waals surface area contributed by atoms with Crippen molar-refractivity contribution < 1.29 is 0 Å². The van der Waals surface area contributed by atoms with Crippen molar-refractivity contribution in [1.82, 2.24) is 4.98 Å². The van der Waals surface area contributed by atoms with Crippen molar-refractivity contribution in [2.75, 3.05) is 11.9 Å². The normalized spacial score (nSPS) is 10.1. The van der Waals surface area contributed by atoms with Gasteiger partial charge in [0.05, 0.1) is 16.4 Å². The van der Waals surface area contributed by atoms with Crippen LogP contribution in [-0.4, -0.2) is 12.0 Å². The van der Waals surface area contributed by atoms with Crippen LogP contribution in [0.1, 0.15) is 16.0 Å². The van der Waals surface area contributed by atoms with Gasteiger partial charge < -0.3 is 4.90 Å². The van der Waals surface area contributed by atoms with Gasteiger partial charge in [0.25, 0.3) is 0 Å². The zero-order chi connectivity index (χ0) is 13.1. The van der Waals surface area contributed by atoms with Crippen LogP contribution in [0.15, 0.2) is 24.4 Å². The van der Waals surface area contributed by atoms with Gasteiger partial charge in [0, 0.05) is 18.1 Å². The lowest BCUT2D eigenvalue weighted by molar-refractivity contribution is 0.907. The highest BCUT2D eigenvalue weighted by atomic mass is 35.5. The molecule has 0 fully saturated rings. The first-order valence-corrected chi connectivity index (χ1v) is 6.62. The minimum atomic E-state index is 0.627. The first-order valence-electron chi connectivity index (χ1n) is 5.43. The molecule has 0 aromatic carbocycles. The molecule has 0 aliphatic heterocycles. The summed E-state index contributed by atoms with van der Waals surface area (Å²) < 4.78 is 0.774. The van der Waals surface area contributed by atoms with Gasteiger partial charge in [-0.05, 0) is 30.7 Å². The number of nitriles is 1. The Labute approximate surface area is 115 Å². The summed E-state index contributed by atoms with van der Waals surface area (Å²) in [6, 6.07) is 7.92. The van der Waals surface area contributed by atoms with E-state index in [0.717, 1.165) is 14.8 Å². The van der Waals surface area contributed by atoms with Gasteiger partial charge in [-0.2, -0.15) is 5.26 Å². The molecule has 0 saturated heterocycles. The Balaban J connectivity index is 2.27. The Morgan fingerprint density at radius 3 is 2.83 bits per heavy atom.